The van der Waals surface area contributed by atoms with Gasteiger partial charge in [-0.2, -0.15) is 0 Å². The second-order valence-electron chi connectivity index (χ2n) is 7.99. The van der Waals surface area contributed by atoms with Gasteiger partial charge in [0.2, 0.25) is 11.8 Å². The summed E-state index contributed by atoms with van der Waals surface area (Å²) in [6, 6.07) is 9.67. The summed E-state index contributed by atoms with van der Waals surface area (Å²) in [5.41, 5.74) is -0.877. The van der Waals surface area contributed by atoms with Crippen molar-refractivity contribution in [2.45, 2.75) is 11.7 Å². The zero-order chi connectivity index (χ0) is 23.5. The van der Waals surface area contributed by atoms with Crippen molar-refractivity contribution >= 4 is 52.3 Å². The number of carbonyl (C=O) groups excluding carboxylic acids is 3. The third kappa shape index (κ3) is 3.31. The van der Waals surface area contributed by atoms with Gasteiger partial charge in [-0.1, -0.05) is 35.4 Å². The average Bonchev–Trinajstić information content (AvgIpc) is 3.42. The van der Waals surface area contributed by atoms with Crippen molar-refractivity contribution in [2.75, 3.05) is 11.4 Å². The van der Waals surface area contributed by atoms with E-state index in [2.05, 4.69) is 5.32 Å². The van der Waals surface area contributed by atoms with E-state index in [9.17, 15) is 24.5 Å². The van der Waals surface area contributed by atoms with Gasteiger partial charge in [0.1, 0.15) is 5.60 Å². The highest BCUT2D eigenvalue weighted by Gasteiger charge is 2.67. The summed E-state index contributed by atoms with van der Waals surface area (Å²) in [4.78, 5) is 50.5. The molecule has 3 aliphatic rings. The van der Waals surface area contributed by atoms with Gasteiger partial charge in [0.05, 0.1) is 45.7 Å². The molecular formula is C22H15Cl2N3O6. The number of carbonyl (C=O) groups is 3. The van der Waals surface area contributed by atoms with Crippen LogP contribution in [0.5, 0.6) is 0 Å². The lowest BCUT2D eigenvalue weighted by Crippen LogP contribution is -2.48. The Balaban J connectivity index is 1.39. The fourth-order valence-corrected chi connectivity index (χ4v) is 5.17. The molecule has 0 unspecified atom stereocenters. The summed E-state index contributed by atoms with van der Waals surface area (Å²) in [6.45, 7) is -0.0495. The van der Waals surface area contributed by atoms with Crippen LogP contribution in [0.15, 0.2) is 54.6 Å². The number of hydrogen-bond acceptors (Lipinski definition) is 6. The van der Waals surface area contributed by atoms with E-state index in [-0.39, 0.29) is 28.5 Å². The Kier molecular flexibility index (Phi) is 5.00. The zero-order valence-corrected chi connectivity index (χ0v) is 18.2. The molecule has 0 radical (unpaired) electrons. The topological polar surface area (TPSA) is 119 Å². The maximum Gasteiger partial charge on any atom is 0.269 e. The molecule has 0 saturated carbocycles. The van der Waals surface area contributed by atoms with Crippen LogP contribution in [0.4, 0.5) is 11.4 Å². The first kappa shape index (κ1) is 21.6. The Hall–Kier alpha value is -3.27. The number of nitro benzene ring substituents is 1. The lowest BCUT2D eigenvalue weighted by molar-refractivity contribution is -0.384. The third-order valence-corrected chi connectivity index (χ3v) is 6.72. The Bertz CT molecular complexity index is 1250. The highest BCUT2D eigenvalue weighted by molar-refractivity contribution is 6.36. The molecule has 2 bridgehead atoms. The van der Waals surface area contributed by atoms with Gasteiger partial charge >= 0.3 is 0 Å². The number of nitrogens with one attached hydrogen (secondary N) is 1. The molecule has 1 N–H and O–H groups in total. The van der Waals surface area contributed by atoms with Gasteiger partial charge < -0.3 is 10.1 Å². The van der Waals surface area contributed by atoms with Gasteiger partial charge in [0, 0.05) is 17.2 Å². The first-order valence-electron chi connectivity index (χ1n) is 9.94. The van der Waals surface area contributed by atoms with Crippen molar-refractivity contribution in [1.29, 1.82) is 0 Å². The molecule has 9 nitrogen and oxygen atoms in total. The second kappa shape index (κ2) is 7.65. The fraction of sp³-hybridized carbons (Fsp3) is 0.227. The van der Waals surface area contributed by atoms with Crippen LogP contribution in [0.3, 0.4) is 0 Å². The lowest BCUT2D eigenvalue weighted by Gasteiger charge is -2.29. The molecule has 2 fully saturated rings. The molecule has 33 heavy (non-hydrogen) atoms. The van der Waals surface area contributed by atoms with Gasteiger partial charge in [0.25, 0.3) is 11.6 Å². The van der Waals surface area contributed by atoms with E-state index in [1.807, 2.05) is 0 Å². The summed E-state index contributed by atoms with van der Waals surface area (Å²) in [7, 11) is 0. The smallest absolute Gasteiger partial charge is 0.269 e. The fourth-order valence-electron chi connectivity index (χ4n) is 4.67. The summed E-state index contributed by atoms with van der Waals surface area (Å²) in [5.74, 6) is -2.98. The molecule has 3 aliphatic heterocycles. The molecule has 0 spiro atoms. The number of non-ortho nitro benzene ring substituents is 1. The number of nitro groups is 1. The molecule has 3 heterocycles. The molecule has 0 aromatic heterocycles. The van der Waals surface area contributed by atoms with Gasteiger partial charge in [-0.3, -0.25) is 24.5 Å². The number of benzene rings is 2. The standard InChI is InChI=1S/C22H15Cl2N3O6/c23-11-1-6-14(15(24)9-11)19(28)25-10-22-8-7-16(33-22)17-18(22)21(30)26(20(17)29)12-2-4-13(5-3-12)27(31)32/h1-9,16-18H,10H2,(H,25,28)/t16-,17-,18+,22-/m1/s1. The molecule has 0 aliphatic carbocycles. The maximum atomic E-state index is 13.3. The predicted molar refractivity (Wildman–Crippen MR) is 118 cm³/mol. The Morgan fingerprint density at radius 2 is 1.88 bits per heavy atom. The lowest BCUT2D eigenvalue weighted by atomic mass is 9.77. The normalized spacial score (nSPS) is 27.2. The highest BCUT2D eigenvalue weighted by atomic mass is 35.5. The van der Waals surface area contributed by atoms with Crippen LogP contribution in [-0.2, 0) is 14.3 Å². The summed E-state index contributed by atoms with van der Waals surface area (Å²) >= 11 is 12.0. The van der Waals surface area contributed by atoms with Crippen molar-refractivity contribution in [3.8, 4) is 0 Å². The number of anilines is 1. The summed E-state index contributed by atoms with van der Waals surface area (Å²) in [6.07, 6.45) is 2.81. The van der Waals surface area contributed by atoms with Crippen molar-refractivity contribution in [3.63, 3.8) is 0 Å². The molecule has 3 amide bonds. The van der Waals surface area contributed by atoms with E-state index in [0.717, 1.165) is 4.90 Å². The van der Waals surface area contributed by atoms with Gasteiger partial charge in [-0.15, -0.1) is 0 Å². The number of amides is 3. The Morgan fingerprint density at radius 1 is 1.15 bits per heavy atom. The summed E-state index contributed by atoms with van der Waals surface area (Å²) < 4.78 is 6.00. The molecular weight excluding hydrogens is 473 g/mol. The molecule has 2 aromatic carbocycles. The third-order valence-electron chi connectivity index (χ3n) is 6.17. The minimum atomic E-state index is -1.19. The Morgan fingerprint density at radius 3 is 2.55 bits per heavy atom. The Labute approximate surface area is 197 Å². The average molecular weight is 488 g/mol. The summed E-state index contributed by atoms with van der Waals surface area (Å²) in [5, 5.41) is 14.2. The molecule has 4 atom stereocenters. The number of halogens is 2. The van der Waals surface area contributed by atoms with Crippen molar-refractivity contribution < 1.29 is 24.0 Å². The molecule has 11 heteroatoms. The largest absolute Gasteiger partial charge is 0.360 e. The van der Waals surface area contributed by atoms with E-state index in [4.69, 9.17) is 27.9 Å². The van der Waals surface area contributed by atoms with E-state index in [1.54, 1.807) is 12.2 Å². The SMILES string of the molecule is O=C(NC[C@@]12C=C[C@@H](O1)[C@H]1C(=O)N(c3ccc([N+](=O)[O-])cc3)C(=O)[C@H]12)c1ccc(Cl)cc1Cl. The number of fused-ring (bicyclic) bond motifs is 5. The van der Waals surface area contributed by atoms with Crippen molar-refractivity contribution in [1.82, 2.24) is 5.32 Å². The molecule has 5 rings (SSSR count). The quantitative estimate of drug-likeness (QED) is 0.299. The van der Waals surface area contributed by atoms with E-state index < -0.39 is 46.2 Å². The number of nitrogens with zero attached hydrogens (tertiary/aromatic N) is 2. The van der Waals surface area contributed by atoms with Crippen molar-refractivity contribution in [2.24, 2.45) is 11.8 Å². The van der Waals surface area contributed by atoms with Crippen LogP contribution in [0.2, 0.25) is 10.0 Å². The van der Waals surface area contributed by atoms with Gasteiger partial charge in [-0.25, -0.2) is 4.90 Å². The van der Waals surface area contributed by atoms with Crippen molar-refractivity contribution in [3.05, 3.63) is 80.3 Å². The van der Waals surface area contributed by atoms with Crippen LogP contribution in [-0.4, -0.2) is 40.9 Å². The maximum absolute atomic E-state index is 13.3. The van der Waals surface area contributed by atoms with E-state index >= 15 is 0 Å². The van der Waals surface area contributed by atoms with Crippen LogP contribution in [0, 0.1) is 22.0 Å². The molecule has 2 saturated heterocycles. The van der Waals surface area contributed by atoms with Crippen LogP contribution < -0.4 is 10.2 Å². The number of rotatable bonds is 5. The second-order valence-corrected chi connectivity index (χ2v) is 8.84. The minimum absolute atomic E-state index is 0.0495. The van der Waals surface area contributed by atoms with Gasteiger partial charge in [0.15, 0.2) is 0 Å². The van der Waals surface area contributed by atoms with Crippen LogP contribution in [0.25, 0.3) is 0 Å². The zero-order valence-electron chi connectivity index (χ0n) is 16.7. The first-order valence-corrected chi connectivity index (χ1v) is 10.7. The molecule has 168 valence electrons. The monoisotopic (exact) mass is 487 g/mol. The molecule has 2 aromatic rings. The highest BCUT2D eigenvalue weighted by Crippen LogP contribution is 2.52. The number of ether oxygens (including phenoxy) is 1. The first-order chi connectivity index (χ1) is 15.7. The van der Waals surface area contributed by atoms with E-state index in [1.165, 1.54) is 42.5 Å². The van der Waals surface area contributed by atoms with Gasteiger partial charge in [-0.05, 0) is 30.3 Å². The predicted octanol–water partition coefficient (Wildman–Crippen LogP) is 3.14. The van der Waals surface area contributed by atoms with Crippen LogP contribution >= 0.6 is 23.2 Å². The number of hydrogen-bond donors (Lipinski definition) is 1. The number of imide groups is 1. The minimum Gasteiger partial charge on any atom is -0.360 e. The van der Waals surface area contributed by atoms with E-state index in [0.29, 0.717) is 5.02 Å². The van der Waals surface area contributed by atoms with Crippen LogP contribution in [0.1, 0.15) is 10.4 Å².